The van der Waals surface area contributed by atoms with Gasteiger partial charge in [0, 0.05) is 17.4 Å². The van der Waals surface area contributed by atoms with Gasteiger partial charge in [-0.15, -0.1) is 11.3 Å². The van der Waals surface area contributed by atoms with E-state index in [0.29, 0.717) is 0 Å². The van der Waals surface area contributed by atoms with E-state index in [1.807, 2.05) is 12.1 Å². The number of hydrogen-bond acceptors (Lipinski definition) is 2. The summed E-state index contributed by atoms with van der Waals surface area (Å²) in [5, 5.41) is 9.19. The Labute approximate surface area is 111 Å². The normalized spacial score (nSPS) is 12.6. The molecule has 90 valence electrons. The van der Waals surface area contributed by atoms with Crippen molar-refractivity contribution >= 4 is 22.9 Å². The second kappa shape index (κ2) is 5.67. The van der Waals surface area contributed by atoms with Crippen LogP contribution in [0.5, 0.6) is 0 Å². The highest BCUT2D eigenvalue weighted by Gasteiger charge is 2.15. The number of thiophene rings is 1. The summed E-state index contributed by atoms with van der Waals surface area (Å²) in [7, 11) is 0. The van der Waals surface area contributed by atoms with E-state index >= 15 is 0 Å². The summed E-state index contributed by atoms with van der Waals surface area (Å²) in [6, 6.07) is 12.4. The molecule has 0 aliphatic rings. The fourth-order valence-corrected chi connectivity index (χ4v) is 3.14. The third kappa shape index (κ3) is 3.09. The van der Waals surface area contributed by atoms with E-state index in [1.165, 1.54) is 16.0 Å². The van der Waals surface area contributed by atoms with Gasteiger partial charge < -0.3 is 5.11 Å². The molecule has 2 rings (SSSR count). The standard InChI is InChI=1S/C14H15ClOS/c1-10-2-4-11(5-3-10)12(8-9-16)13-6-7-14(15)17-13/h2-7,12,16H,8-9H2,1H3. The van der Waals surface area contributed by atoms with E-state index in [2.05, 4.69) is 31.2 Å². The lowest BCUT2D eigenvalue weighted by Gasteiger charge is -2.14. The predicted molar refractivity (Wildman–Crippen MR) is 74.1 cm³/mol. The fourth-order valence-electron chi connectivity index (χ4n) is 1.92. The number of benzene rings is 1. The molecule has 0 saturated carbocycles. The predicted octanol–water partition coefficient (Wildman–Crippen LogP) is 4.22. The second-order valence-electron chi connectivity index (χ2n) is 4.12. The van der Waals surface area contributed by atoms with Crippen LogP contribution in [0.1, 0.15) is 28.3 Å². The van der Waals surface area contributed by atoms with Gasteiger partial charge >= 0.3 is 0 Å². The van der Waals surface area contributed by atoms with Crippen molar-refractivity contribution in [2.45, 2.75) is 19.3 Å². The molecule has 1 aromatic heterocycles. The number of aryl methyl sites for hydroxylation is 1. The molecule has 1 nitrogen and oxygen atoms in total. The van der Waals surface area contributed by atoms with Crippen molar-refractivity contribution in [1.82, 2.24) is 0 Å². The lowest BCUT2D eigenvalue weighted by atomic mass is 9.94. The Morgan fingerprint density at radius 3 is 2.41 bits per heavy atom. The Morgan fingerprint density at radius 1 is 1.18 bits per heavy atom. The lowest BCUT2D eigenvalue weighted by Crippen LogP contribution is -2.01. The van der Waals surface area contributed by atoms with Gasteiger partial charge in [0.25, 0.3) is 0 Å². The largest absolute Gasteiger partial charge is 0.396 e. The maximum absolute atomic E-state index is 9.19. The van der Waals surface area contributed by atoms with Crippen LogP contribution in [0.15, 0.2) is 36.4 Å². The zero-order chi connectivity index (χ0) is 12.3. The van der Waals surface area contributed by atoms with Crippen LogP contribution in [-0.2, 0) is 0 Å². The molecule has 1 unspecified atom stereocenters. The van der Waals surface area contributed by atoms with E-state index in [1.54, 1.807) is 11.3 Å². The van der Waals surface area contributed by atoms with Gasteiger partial charge in [-0.25, -0.2) is 0 Å². The molecule has 1 N–H and O–H groups in total. The summed E-state index contributed by atoms with van der Waals surface area (Å²) < 4.78 is 0.801. The third-order valence-corrected chi connectivity index (χ3v) is 4.18. The molecule has 0 saturated heterocycles. The first kappa shape index (κ1) is 12.6. The quantitative estimate of drug-likeness (QED) is 0.878. The summed E-state index contributed by atoms with van der Waals surface area (Å²) >= 11 is 7.56. The molecular weight excluding hydrogens is 252 g/mol. The van der Waals surface area contributed by atoms with Crippen molar-refractivity contribution in [2.75, 3.05) is 6.61 Å². The van der Waals surface area contributed by atoms with Crippen molar-refractivity contribution in [2.24, 2.45) is 0 Å². The van der Waals surface area contributed by atoms with Gasteiger partial charge in [0.1, 0.15) is 0 Å². The Bertz CT molecular complexity index is 475. The number of halogens is 1. The third-order valence-electron chi connectivity index (χ3n) is 2.83. The molecule has 1 heterocycles. The summed E-state index contributed by atoms with van der Waals surface area (Å²) in [5.74, 6) is 0.248. The van der Waals surface area contributed by atoms with Crippen LogP contribution in [0.3, 0.4) is 0 Å². The molecule has 0 bridgehead atoms. The molecule has 0 radical (unpaired) electrons. The van der Waals surface area contributed by atoms with Gasteiger partial charge in [-0.1, -0.05) is 41.4 Å². The summed E-state index contributed by atoms with van der Waals surface area (Å²) in [6.45, 7) is 2.26. The minimum Gasteiger partial charge on any atom is -0.396 e. The molecule has 0 fully saturated rings. The van der Waals surface area contributed by atoms with Crippen LogP contribution in [-0.4, -0.2) is 11.7 Å². The van der Waals surface area contributed by atoms with E-state index in [-0.39, 0.29) is 12.5 Å². The maximum atomic E-state index is 9.19. The van der Waals surface area contributed by atoms with E-state index < -0.39 is 0 Å². The molecule has 1 aromatic carbocycles. The lowest BCUT2D eigenvalue weighted by molar-refractivity contribution is 0.282. The highest BCUT2D eigenvalue weighted by atomic mass is 35.5. The van der Waals surface area contributed by atoms with Gasteiger partial charge in [-0.05, 0) is 31.0 Å². The van der Waals surface area contributed by atoms with Crippen LogP contribution in [0.2, 0.25) is 4.34 Å². The zero-order valence-corrected chi connectivity index (χ0v) is 11.3. The van der Waals surface area contributed by atoms with Crippen molar-refractivity contribution in [1.29, 1.82) is 0 Å². The number of rotatable bonds is 4. The molecule has 0 aliphatic heterocycles. The second-order valence-corrected chi connectivity index (χ2v) is 5.86. The average molecular weight is 267 g/mol. The molecule has 17 heavy (non-hydrogen) atoms. The van der Waals surface area contributed by atoms with Crippen LogP contribution in [0.25, 0.3) is 0 Å². The Kier molecular flexibility index (Phi) is 4.21. The zero-order valence-electron chi connectivity index (χ0n) is 9.69. The minimum absolute atomic E-state index is 0.189. The smallest absolute Gasteiger partial charge is 0.0931 e. The first-order valence-corrected chi connectivity index (χ1v) is 6.83. The van der Waals surface area contributed by atoms with Gasteiger partial charge in [-0.3, -0.25) is 0 Å². The molecule has 0 aliphatic carbocycles. The molecule has 0 amide bonds. The Balaban J connectivity index is 2.31. The van der Waals surface area contributed by atoms with Crippen molar-refractivity contribution in [3.63, 3.8) is 0 Å². The highest BCUT2D eigenvalue weighted by Crippen LogP contribution is 2.34. The number of hydrogen-bond donors (Lipinski definition) is 1. The Hall–Kier alpha value is -0.830. The average Bonchev–Trinajstić information content (AvgIpc) is 2.74. The van der Waals surface area contributed by atoms with Gasteiger partial charge in [-0.2, -0.15) is 0 Å². The summed E-state index contributed by atoms with van der Waals surface area (Å²) in [5.41, 5.74) is 2.49. The fraction of sp³-hybridized carbons (Fsp3) is 0.286. The van der Waals surface area contributed by atoms with E-state index in [9.17, 15) is 5.11 Å². The molecule has 0 spiro atoms. The van der Waals surface area contributed by atoms with Crippen molar-refractivity contribution < 1.29 is 5.11 Å². The number of aliphatic hydroxyl groups is 1. The van der Waals surface area contributed by atoms with E-state index in [4.69, 9.17) is 11.6 Å². The van der Waals surface area contributed by atoms with Crippen molar-refractivity contribution in [3.05, 3.63) is 56.7 Å². The molecule has 2 aromatic rings. The molecule has 3 heteroatoms. The first-order chi connectivity index (χ1) is 8.20. The van der Waals surface area contributed by atoms with Gasteiger partial charge in [0.2, 0.25) is 0 Å². The van der Waals surface area contributed by atoms with Crippen molar-refractivity contribution in [3.8, 4) is 0 Å². The van der Waals surface area contributed by atoms with Crippen LogP contribution in [0.4, 0.5) is 0 Å². The van der Waals surface area contributed by atoms with Gasteiger partial charge in [0.15, 0.2) is 0 Å². The topological polar surface area (TPSA) is 20.2 Å². The first-order valence-electron chi connectivity index (χ1n) is 5.63. The molecule has 1 atom stereocenters. The number of aliphatic hydroxyl groups excluding tert-OH is 1. The minimum atomic E-state index is 0.189. The monoisotopic (exact) mass is 266 g/mol. The van der Waals surface area contributed by atoms with E-state index in [0.717, 1.165) is 10.8 Å². The maximum Gasteiger partial charge on any atom is 0.0931 e. The van der Waals surface area contributed by atoms with Gasteiger partial charge in [0.05, 0.1) is 4.34 Å². The SMILES string of the molecule is Cc1ccc(C(CCO)c2ccc(Cl)s2)cc1. The summed E-state index contributed by atoms with van der Waals surface area (Å²) in [4.78, 5) is 1.22. The summed E-state index contributed by atoms with van der Waals surface area (Å²) in [6.07, 6.45) is 0.736. The highest BCUT2D eigenvalue weighted by molar-refractivity contribution is 7.16. The van der Waals surface area contributed by atoms with Crippen LogP contribution >= 0.6 is 22.9 Å². The molecular formula is C14H15ClOS. The van der Waals surface area contributed by atoms with Crippen LogP contribution < -0.4 is 0 Å². The van der Waals surface area contributed by atoms with Crippen LogP contribution in [0, 0.1) is 6.92 Å². The Morgan fingerprint density at radius 2 is 1.88 bits per heavy atom.